The Bertz CT molecular complexity index is 808. The molecule has 6 nitrogen and oxygen atoms in total. The zero-order valence-corrected chi connectivity index (χ0v) is 16.4. The normalized spacial score (nSPS) is 13.8. The lowest BCUT2D eigenvalue weighted by Crippen LogP contribution is -2.37. The molecule has 0 radical (unpaired) electrons. The number of para-hydroxylation sites is 1. The Balaban J connectivity index is 1.50. The Morgan fingerprint density at radius 2 is 1.79 bits per heavy atom. The third-order valence-electron chi connectivity index (χ3n) is 4.49. The van der Waals surface area contributed by atoms with Crippen molar-refractivity contribution in [1.82, 2.24) is 5.32 Å². The molecule has 0 saturated carbocycles. The van der Waals surface area contributed by atoms with Gasteiger partial charge in [0.15, 0.2) is 0 Å². The lowest BCUT2D eigenvalue weighted by atomic mass is 10.2. The maximum absolute atomic E-state index is 12.4. The zero-order chi connectivity index (χ0) is 19.8. The molecule has 0 aliphatic carbocycles. The molecule has 0 unspecified atom stereocenters. The van der Waals surface area contributed by atoms with E-state index in [9.17, 15) is 9.59 Å². The minimum atomic E-state index is -0.134. The van der Waals surface area contributed by atoms with E-state index >= 15 is 0 Å². The first kappa shape index (κ1) is 20.2. The highest BCUT2D eigenvalue weighted by Gasteiger charge is 2.19. The average molecular weight is 402 g/mol. The van der Waals surface area contributed by atoms with Gasteiger partial charge in [0, 0.05) is 31.6 Å². The molecule has 2 N–H and O–H groups in total. The highest BCUT2D eigenvalue weighted by atomic mass is 35.5. The molecule has 2 aromatic carbocycles. The van der Waals surface area contributed by atoms with Crippen molar-refractivity contribution in [3.63, 3.8) is 0 Å². The number of hydrogen-bond donors (Lipinski definition) is 2. The van der Waals surface area contributed by atoms with Crippen LogP contribution in [0.2, 0.25) is 5.02 Å². The van der Waals surface area contributed by atoms with Crippen molar-refractivity contribution in [3.8, 4) is 0 Å². The molecule has 7 heteroatoms. The molecule has 0 spiro atoms. The van der Waals surface area contributed by atoms with Gasteiger partial charge in [-0.25, -0.2) is 0 Å². The van der Waals surface area contributed by atoms with Crippen LogP contribution in [0.15, 0.2) is 48.5 Å². The van der Waals surface area contributed by atoms with Crippen LogP contribution < -0.4 is 15.5 Å². The number of nitrogens with one attached hydrogen (secondary N) is 2. The summed E-state index contributed by atoms with van der Waals surface area (Å²) >= 11 is 6.38. The number of ether oxygens (including phenoxy) is 1. The van der Waals surface area contributed by atoms with Gasteiger partial charge in [-0.05, 0) is 30.7 Å². The molecule has 0 aromatic heterocycles. The van der Waals surface area contributed by atoms with Crippen LogP contribution in [0, 0.1) is 0 Å². The van der Waals surface area contributed by atoms with Crippen molar-refractivity contribution in [2.75, 3.05) is 43.1 Å². The first-order chi connectivity index (χ1) is 13.6. The van der Waals surface area contributed by atoms with Crippen LogP contribution in [0.3, 0.4) is 0 Å². The number of halogens is 1. The van der Waals surface area contributed by atoms with Gasteiger partial charge in [0.2, 0.25) is 5.91 Å². The number of rotatable bonds is 7. The van der Waals surface area contributed by atoms with E-state index in [0.717, 1.165) is 18.8 Å². The maximum atomic E-state index is 12.4. The molecule has 1 aliphatic rings. The van der Waals surface area contributed by atoms with Crippen LogP contribution in [0.5, 0.6) is 0 Å². The number of nitrogens with zero attached hydrogens (tertiary/aromatic N) is 1. The first-order valence-electron chi connectivity index (χ1n) is 9.39. The second-order valence-corrected chi connectivity index (χ2v) is 6.92. The Morgan fingerprint density at radius 3 is 2.54 bits per heavy atom. The van der Waals surface area contributed by atoms with E-state index in [0.29, 0.717) is 48.9 Å². The smallest absolute Gasteiger partial charge is 0.251 e. The van der Waals surface area contributed by atoms with Crippen molar-refractivity contribution in [2.45, 2.75) is 12.8 Å². The SMILES string of the molecule is O=C(CCCNC(=O)c1ccccc1)Nc1cccc(Cl)c1N1CCOCC1. The van der Waals surface area contributed by atoms with E-state index in [2.05, 4.69) is 15.5 Å². The summed E-state index contributed by atoms with van der Waals surface area (Å²) in [4.78, 5) is 26.5. The van der Waals surface area contributed by atoms with Gasteiger partial charge in [-0.15, -0.1) is 0 Å². The molecule has 3 rings (SSSR count). The van der Waals surface area contributed by atoms with Gasteiger partial charge in [-0.1, -0.05) is 35.9 Å². The molecule has 0 atom stereocenters. The summed E-state index contributed by atoms with van der Waals surface area (Å²) in [5.41, 5.74) is 2.15. The molecular weight excluding hydrogens is 378 g/mol. The molecule has 0 bridgehead atoms. The van der Waals surface area contributed by atoms with Crippen LogP contribution in [-0.2, 0) is 9.53 Å². The van der Waals surface area contributed by atoms with Crippen LogP contribution in [0.1, 0.15) is 23.2 Å². The quantitative estimate of drug-likeness (QED) is 0.698. The lowest BCUT2D eigenvalue weighted by Gasteiger charge is -2.31. The number of carbonyl (C=O) groups is 2. The highest BCUT2D eigenvalue weighted by molar-refractivity contribution is 6.34. The average Bonchev–Trinajstić information content (AvgIpc) is 2.72. The summed E-state index contributed by atoms with van der Waals surface area (Å²) in [6.45, 7) is 3.18. The van der Waals surface area contributed by atoms with Gasteiger partial charge in [-0.3, -0.25) is 9.59 Å². The van der Waals surface area contributed by atoms with Gasteiger partial charge >= 0.3 is 0 Å². The van der Waals surface area contributed by atoms with Crippen LogP contribution >= 0.6 is 11.6 Å². The number of anilines is 2. The topological polar surface area (TPSA) is 70.7 Å². The first-order valence-corrected chi connectivity index (χ1v) is 9.77. The number of carbonyl (C=O) groups excluding carboxylic acids is 2. The fraction of sp³-hybridized carbons (Fsp3) is 0.333. The second kappa shape index (κ2) is 10.1. The standard InChI is InChI=1S/C21H24ClN3O3/c22-17-8-4-9-18(20(17)25-12-14-28-15-13-25)24-19(26)10-5-11-23-21(27)16-6-2-1-3-7-16/h1-4,6-9H,5,10-15H2,(H,23,27)(H,24,26). The molecule has 28 heavy (non-hydrogen) atoms. The Kier molecular flexibility index (Phi) is 7.28. The Hall–Kier alpha value is -2.57. The van der Waals surface area contributed by atoms with Gasteiger partial charge in [0.05, 0.1) is 29.6 Å². The third kappa shape index (κ3) is 5.47. The van der Waals surface area contributed by atoms with E-state index in [1.165, 1.54) is 0 Å². The van der Waals surface area contributed by atoms with Gasteiger partial charge in [0.25, 0.3) is 5.91 Å². The highest BCUT2D eigenvalue weighted by Crippen LogP contribution is 2.34. The zero-order valence-electron chi connectivity index (χ0n) is 15.6. The molecule has 2 aromatic rings. The minimum absolute atomic E-state index is 0.106. The molecule has 1 saturated heterocycles. The molecule has 1 fully saturated rings. The summed E-state index contributed by atoms with van der Waals surface area (Å²) in [5.74, 6) is -0.240. The Morgan fingerprint density at radius 1 is 1.04 bits per heavy atom. The summed E-state index contributed by atoms with van der Waals surface area (Å²) in [7, 11) is 0. The second-order valence-electron chi connectivity index (χ2n) is 6.51. The monoisotopic (exact) mass is 401 g/mol. The van der Waals surface area contributed by atoms with Crippen molar-refractivity contribution in [3.05, 3.63) is 59.1 Å². The van der Waals surface area contributed by atoms with Crippen molar-refractivity contribution >= 4 is 34.8 Å². The molecule has 1 heterocycles. The van der Waals surface area contributed by atoms with Crippen molar-refractivity contribution in [2.24, 2.45) is 0 Å². The lowest BCUT2D eigenvalue weighted by molar-refractivity contribution is -0.116. The van der Waals surface area contributed by atoms with Gasteiger partial charge in [0.1, 0.15) is 0 Å². The fourth-order valence-electron chi connectivity index (χ4n) is 3.08. The van der Waals surface area contributed by atoms with E-state index in [4.69, 9.17) is 16.3 Å². The van der Waals surface area contributed by atoms with Crippen molar-refractivity contribution < 1.29 is 14.3 Å². The van der Waals surface area contributed by atoms with Gasteiger partial charge < -0.3 is 20.3 Å². The number of morpholine rings is 1. The number of amides is 2. The fourth-order valence-corrected chi connectivity index (χ4v) is 3.37. The Labute approximate surface area is 169 Å². The number of benzene rings is 2. The van der Waals surface area contributed by atoms with Crippen LogP contribution in [-0.4, -0.2) is 44.7 Å². The maximum Gasteiger partial charge on any atom is 0.251 e. The number of hydrogen-bond acceptors (Lipinski definition) is 4. The molecule has 2 amide bonds. The van der Waals surface area contributed by atoms with Crippen LogP contribution in [0.4, 0.5) is 11.4 Å². The third-order valence-corrected chi connectivity index (χ3v) is 4.80. The van der Waals surface area contributed by atoms with E-state index in [-0.39, 0.29) is 11.8 Å². The molecular formula is C21H24ClN3O3. The minimum Gasteiger partial charge on any atom is -0.378 e. The molecule has 1 aliphatic heterocycles. The summed E-state index contributed by atoms with van der Waals surface area (Å²) in [6.07, 6.45) is 0.863. The summed E-state index contributed by atoms with van der Waals surface area (Å²) in [6, 6.07) is 14.5. The van der Waals surface area contributed by atoms with E-state index in [1.807, 2.05) is 36.4 Å². The predicted octanol–water partition coefficient (Wildman–Crippen LogP) is 3.33. The van der Waals surface area contributed by atoms with Crippen molar-refractivity contribution in [1.29, 1.82) is 0 Å². The van der Waals surface area contributed by atoms with Crippen LogP contribution in [0.25, 0.3) is 0 Å². The van der Waals surface area contributed by atoms with E-state index in [1.54, 1.807) is 12.1 Å². The molecule has 148 valence electrons. The predicted molar refractivity (Wildman–Crippen MR) is 111 cm³/mol. The largest absolute Gasteiger partial charge is 0.378 e. The van der Waals surface area contributed by atoms with Gasteiger partial charge in [-0.2, -0.15) is 0 Å². The summed E-state index contributed by atoms with van der Waals surface area (Å²) < 4.78 is 5.39. The summed E-state index contributed by atoms with van der Waals surface area (Å²) in [5, 5.41) is 6.38. The van der Waals surface area contributed by atoms with E-state index < -0.39 is 0 Å².